The molecule has 0 aliphatic heterocycles. The molecule has 1 aromatic heterocycles. The third-order valence-corrected chi connectivity index (χ3v) is 3.15. The topological polar surface area (TPSA) is 57.5 Å². The van der Waals surface area contributed by atoms with Gasteiger partial charge in [0.25, 0.3) is 0 Å². The van der Waals surface area contributed by atoms with Crippen molar-refractivity contribution in [2.45, 2.75) is 13.8 Å². The number of benzene rings is 1. The van der Waals surface area contributed by atoms with Crippen LogP contribution in [0.3, 0.4) is 0 Å². The van der Waals surface area contributed by atoms with Gasteiger partial charge in [-0.2, -0.15) is 0 Å². The van der Waals surface area contributed by atoms with Gasteiger partial charge in [0.2, 0.25) is 5.13 Å². The van der Waals surface area contributed by atoms with E-state index >= 15 is 0 Å². The van der Waals surface area contributed by atoms with Crippen molar-refractivity contribution in [2.24, 2.45) is 4.99 Å². The molecule has 0 radical (unpaired) electrons. The van der Waals surface area contributed by atoms with Crippen LogP contribution in [0.15, 0.2) is 17.1 Å². The Kier molecular flexibility index (Phi) is 2.66. The summed E-state index contributed by atoms with van der Waals surface area (Å²) in [6.07, 6.45) is 1.21. The lowest BCUT2D eigenvalue weighted by atomic mass is 10.1. The van der Waals surface area contributed by atoms with Gasteiger partial charge in [-0.05, 0) is 37.1 Å². The van der Waals surface area contributed by atoms with Crippen LogP contribution in [-0.2, 0) is 0 Å². The van der Waals surface area contributed by atoms with Crippen LogP contribution >= 0.6 is 11.3 Å². The first-order chi connectivity index (χ1) is 7.20. The van der Waals surface area contributed by atoms with Gasteiger partial charge in [0.1, 0.15) is 6.34 Å². The lowest BCUT2D eigenvalue weighted by molar-refractivity contribution is 0.240. The Morgan fingerprint density at radius 2 is 2.13 bits per heavy atom. The highest BCUT2D eigenvalue weighted by Gasteiger charge is 2.04. The van der Waals surface area contributed by atoms with Crippen LogP contribution in [0.2, 0.25) is 0 Å². The fourth-order valence-corrected chi connectivity index (χ4v) is 2.20. The van der Waals surface area contributed by atoms with Crippen molar-refractivity contribution >= 4 is 33.0 Å². The molecule has 78 valence electrons. The summed E-state index contributed by atoms with van der Waals surface area (Å²) in [5, 5.41) is 9.00. The van der Waals surface area contributed by atoms with E-state index in [1.54, 1.807) is 0 Å². The smallest absolute Gasteiger partial charge is 0.211 e. The number of hydrogen-bond donors (Lipinski definition) is 2. The molecule has 0 aliphatic carbocycles. The molecule has 2 N–H and O–H groups in total. The predicted molar refractivity (Wildman–Crippen MR) is 62.2 cm³/mol. The summed E-state index contributed by atoms with van der Waals surface area (Å²) in [6, 6.07) is 4.15. The van der Waals surface area contributed by atoms with Gasteiger partial charge in [0.15, 0.2) is 0 Å². The molecule has 0 amide bonds. The summed E-state index contributed by atoms with van der Waals surface area (Å²) in [6.45, 7) is 4.14. The first-order valence-corrected chi connectivity index (χ1v) is 5.32. The van der Waals surface area contributed by atoms with Crippen LogP contribution in [0.5, 0.6) is 0 Å². The van der Waals surface area contributed by atoms with Crippen molar-refractivity contribution < 1.29 is 5.21 Å². The van der Waals surface area contributed by atoms with Crippen molar-refractivity contribution in [3.8, 4) is 0 Å². The summed E-state index contributed by atoms with van der Waals surface area (Å²) < 4.78 is 1.11. The summed E-state index contributed by atoms with van der Waals surface area (Å²) in [7, 11) is 0. The molecule has 0 spiro atoms. The summed E-state index contributed by atoms with van der Waals surface area (Å²) in [4.78, 5) is 8.26. The maximum absolute atomic E-state index is 8.37. The molecule has 2 rings (SSSR count). The quantitative estimate of drug-likeness (QED) is 0.465. The van der Waals surface area contributed by atoms with Crippen molar-refractivity contribution in [1.82, 2.24) is 10.5 Å². The van der Waals surface area contributed by atoms with E-state index in [2.05, 4.69) is 29.9 Å². The Morgan fingerprint density at radius 3 is 2.87 bits per heavy atom. The van der Waals surface area contributed by atoms with Crippen molar-refractivity contribution in [3.05, 3.63) is 23.3 Å². The number of aromatic nitrogens is 1. The molecular formula is C10H11N3OS. The molecule has 0 atom stereocenters. The SMILES string of the molecule is Cc1cc2nc(/N=C/NO)sc2cc1C. The highest BCUT2D eigenvalue weighted by Crippen LogP contribution is 2.29. The number of hydrogen-bond acceptors (Lipinski definition) is 4. The first kappa shape index (κ1) is 10.1. The second-order valence-electron chi connectivity index (χ2n) is 3.29. The monoisotopic (exact) mass is 221 g/mol. The number of aryl methyl sites for hydroxylation is 2. The van der Waals surface area contributed by atoms with Crippen LogP contribution in [0.1, 0.15) is 11.1 Å². The highest BCUT2D eigenvalue weighted by atomic mass is 32.1. The largest absolute Gasteiger partial charge is 0.290 e. The molecule has 0 saturated carbocycles. The minimum Gasteiger partial charge on any atom is -0.290 e. The maximum Gasteiger partial charge on any atom is 0.211 e. The standard InChI is InChI=1S/C10H11N3OS/c1-6-3-8-9(4-7(6)2)15-10(13-8)11-5-12-14/h3-5,14H,1-2H3,(H,11,12,13). The summed E-state index contributed by atoms with van der Waals surface area (Å²) >= 11 is 1.50. The van der Waals surface area contributed by atoms with Gasteiger partial charge in [0.05, 0.1) is 10.2 Å². The van der Waals surface area contributed by atoms with Crippen LogP contribution in [-0.4, -0.2) is 16.5 Å². The number of thiazole rings is 1. The number of nitrogens with zero attached hydrogens (tertiary/aromatic N) is 2. The summed E-state index contributed by atoms with van der Waals surface area (Å²) in [5.41, 5.74) is 5.29. The molecule has 0 fully saturated rings. The second-order valence-corrected chi connectivity index (χ2v) is 4.30. The maximum atomic E-state index is 8.37. The Bertz CT molecular complexity index is 480. The number of nitrogens with one attached hydrogen (secondary N) is 1. The van der Waals surface area contributed by atoms with Gasteiger partial charge in [0, 0.05) is 0 Å². The molecule has 2 aromatic rings. The third-order valence-electron chi connectivity index (χ3n) is 2.23. The van der Waals surface area contributed by atoms with E-state index in [4.69, 9.17) is 5.21 Å². The number of hydroxylamine groups is 1. The van der Waals surface area contributed by atoms with E-state index in [1.807, 2.05) is 11.5 Å². The molecule has 15 heavy (non-hydrogen) atoms. The Labute approximate surface area is 91.3 Å². The molecule has 0 aliphatic rings. The summed E-state index contributed by atoms with van der Waals surface area (Å²) in [5.74, 6) is 0. The molecule has 0 unspecified atom stereocenters. The van der Waals surface area contributed by atoms with E-state index in [9.17, 15) is 0 Å². The molecule has 0 bridgehead atoms. The van der Waals surface area contributed by atoms with Crippen molar-refractivity contribution in [3.63, 3.8) is 0 Å². The molecule has 4 nitrogen and oxygen atoms in total. The van der Waals surface area contributed by atoms with Gasteiger partial charge in [-0.25, -0.2) is 9.98 Å². The Morgan fingerprint density at radius 1 is 1.40 bits per heavy atom. The van der Waals surface area contributed by atoms with Crippen molar-refractivity contribution in [1.29, 1.82) is 0 Å². The van der Waals surface area contributed by atoms with Crippen LogP contribution in [0.4, 0.5) is 5.13 Å². The van der Waals surface area contributed by atoms with Gasteiger partial charge < -0.3 is 0 Å². The zero-order valence-corrected chi connectivity index (χ0v) is 9.30. The van der Waals surface area contributed by atoms with Gasteiger partial charge in [-0.1, -0.05) is 11.3 Å². The minimum atomic E-state index is 0.636. The number of rotatable bonds is 2. The predicted octanol–water partition coefficient (Wildman–Crippen LogP) is 2.55. The fraction of sp³-hybridized carbons (Fsp3) is 0.200. The van der Waals surface area contributed by atoms with Crippen molar-refractivity contribution in [2.75, 3.05) is 0 Å². The van der Waals surface area contributed by atoms with Crippen LogP contribution in [0, 0.1) is 13.8 Å². The van der Waals surface area contributed by atoms with Gasteiger partial charge in [-0.3, -0.25) is 10.7 Å². The zero-order chi connectivity index (χ0) is 10.8. The minimum absolute atomic E-state index is 0.636. The molecule has 0 saturated heterocycles. The van der Waals surface area contributed by atoms with E-state index in [0.29, 0.717) is 5.13 Å². The van der Waals surface area contributed by atoms with Crippen LogP contribution < -0.4 is 5.48 Å². The second kappa shape index (κ2) is 3.96. The lowest BCUT2D eigenvalue weighted by Gasteiger charge is -1.96. The zero-order valence-electron chi connectivity index (χ0n) is 8.48. The van der Waals surface area contributed by atoms with E-state index in [-0.39, 0.29) is 0 Å². The average molecular weight is 221 g/mol. The van der Waals surface area contributed by atoms with E-state index < -0.39 is 0 Å². The molecule has 5 heteroatoms. The number of aliphatic imine (C=N–C) groups is 1. The molecular weight excluding hydrogens is 210 g/mol. The van der Waals surface area contributed by atoms with Crippen LogP contribution in [0.25, 0.3) is 10.2 Å². The Hall–Kier alpha value is -1.46. The average Bonchev–Trinajstić information content (AvgIpc) is 2.58. The lowest BCUT2D eigenvalue weighted by Crippen LogP contribution is -2.00. The third kappa shape index (κ3) is 1.98. The van der Waals surface area contributed by atoms with E-state index in [0.717, 1.165) is 10.2 Å². The van der Waals surface area contributed by atoms with Gasteiger partial charge >= 0.3 is 0 Å². The number of fused-ring (bicyclic) bond motifs is 1. The highest BCUT2D eigenvalue weighted by molar-refractivity contribution is 7.22. The normalized spacial score (nSPS) is 11.4. The molecule has 1 aromatic carbocycles. The first-order valence-electron chi connectivity index (χ1n) is 4.50. The van der Waals surface area contributed by atoms with E-state index in [1.165, 1.54) is 28.8 Å². The van der Waals surface area contributed by atoms with Gasteiger partial charge in [-0.15, -0.1) is 0 Å². The molecule has 1 heterocycles. The Balaban J connectivity index is 2.51. The fourth-order valence-electron chi connectivity index (χ4n) is 1.31.